The van der Waals surface area contributed by atoms with Crippen molar-refractivity contribution in [3.8, 4) is 29.0 Å². The monoisotopic (exact) mass is 487 g/mol. The Balaban J connectivity index is 1.55. The summed E-state index contributed by atoms with van der Waals surface area (Å²) in [4.78, 5) is 29.5. The zero-order valence-electron chi connectivity index (χ0n) is 18.7. The summed E-state index contributed by atoms with van der Waals surface area (Å²) in [6, 6.07) is 13.3. The first-order valence-electron chi connectivity index (χ1n) is 10.6. The van der Waals surface area contributed by atoms with Crippen LogP contribution in [0.2, 0.25) is 0 Å². The predicted molar refractivity (Wildman–Crippen MR) is 131 cm³/mol. The Morgan fingerprint density at radius 1 is 1.08 bits per heavy atom. The minimum atomic E-state index is -0.780. The van der Waals surface area contributed by atoms with Crippen LogP contribution in [0.5, 0.6) is 11.5 Å². The number of nitrogens with two attached hydrogens (primary N) is 2. The van der Waals surface area contributed by atoms with Gasteiger partial charge in [-0.25, -0.2) is 13.8 Å². The lowest BCUT2D eigenvalue weighted by Crippen LogP contribution is -2.27. The normalized spacial score (nSPS) is 10.3. The minimum absolute atomic E-state index is 0.0902. The van der Waals surface area contributed by atoms with Gasteiger partial charge in [0.1, 0.15) is 28.5 Å². The molecule has 0 fully saturated rings. The highest BCUT2D eigenvalue weighted by molar-refractivity contribution is 6.04. The van der Waals surface area contributed by atoms with Crippen molar-refractivity contribution in [3.63, 3.8) is 0 Å². The van der Waals surface area contributed by atoms with Crippen LogP contribution in [0.3, 0.4) is 0 Å². The number of rotatable bonds is 5. The number of aromatic nitrogens is 2. The average molecular weight is 487 g/mol. The van der Waals surface area contributed by atoms with Gasteiger partial charge in [-0.05, 0) is 48.5 Å². The smallest absolute Gasteiger partial charge is 0.267 e. The third-order valence-corrected chi connectivity index (χ3v) is 4.96. The highest BCUT2D eigenvalue weighted by Gasteiger charge is 2.16. The van der Waals surface area contributed by atoms with Crippen LogP contribution in [-0.2, 0) is 0 Å². The van der Waals surface area contributed by atoms with Crippen molar-refractivity contribution in [1.82, 2.24) is 9.55 Å². The van der Waals surface area contributed by atoms with E-state index in [0.717, 1.165) is 6.07 Å². The van der Waals surface area contributed by atoms with Crippen LogP contribution in [0.25, 0.3) is 5.69 Å². The quantitative estimate of drug-likeness (QED) is 0.371. The first kappa shape index (κ1) is 24.1. The fraction of sp³-hybridized carbons (Fsp3) is 0.0385. The van der Waals surface area contributed by atoms with Crippen molar-refractivity contribution >= 4 is 17.4 Å². The zero-order valence-corrected chi connectivity index (χ0v) is 18.7. The Morgan fingerprint density at radius 2 is 1.86 bits per heavy atom. The standard InChI is InChI=1S/C26H19F2N5O3/c27-16-5-8-18(9-6-16)33-14-2-4-20(26(33)35)25(34)32-17-7-10-23(21(28)15-17)36-22-11-13-31-24(30)19(22)3-1-12-29/h2,4-11,13-15H,12,29H2,(H2,30,31)(H,32,34). The van der Waals surface area contributed by atoms with E-state index in [9.17, 15) is 18.4 Å². The molecule has 0 aliphatic carbocycles. The van der Waals surface area contributed by atoms with Gasteiger partial charge in [0.2, 0.25) is 0 Å². The molecular formula is C26H19F2N5O3. The Kier molecular flexibility index (Phi) is 7.04. The van der Waals surface area contributed by atoms with Crippen molar-refractivity contribution in [3.05, 3.63) is 106 Å². The number of amides is 1. The number of carbonyl (C=O) groups excluding carboxylic acids is 1. The lowest BCUT2D eigenvalue weighted by molar-refractivity contribution is 0.102. The molecule has 36 heavy (non-hydrogen) atoms. The number of hydrogen-bond donors (Lipinski definition) is 3. The Morgan fingerprint density at radius 3 is 2.58 bits per heavy atom. The largest absolute Gasteiger partial charge is 0.453 e. The number of anilines is 2. The van der Waals surface area contributed by atoms with Gasteiger partial charge in [0.25, 0.3) is 11.5 Å². The van der Waals surface area contributed by atoms with Crippen LogP contribution in [0.1, 0.15) is 15.9 Å². The molecule has 2 heterocycles. The molecule has 0 aliphatic heterocycles. The van der Waals surface area contributed by atoms with Crippen LogP contribution < -0.4 is 27.1 Å². The van der Waals surface area contributed by atoms with E-state index in [-0.39, 0.29) is 40.7 Å². The van der Waals surface area contributed by atoms with Gasteiger partial charge in [-0.3, -0.25) is 14.2 Å². The number of halogens is 2. The van der Waals surface area contributed by atoms with E-state index in [1.165, 1.54) is 71.6 Å². The maximum Gasteiger partial charge on any atom is 0.267 e. The van der Waals surface area contributed by atoms with Crippen LogP contribution >= 0.6 is 0 Å². The van der Waals surface area contributed by atoms with E-state index < -0.39 is 23.1 Å². The van der Waals surface area contributed by atoms with Gasteiger partial charge in [0, 0.05) is 35.9 Å². The number of pyridine rings is 2. The van der Waals surface area contributed by atoms with E-state index in [0.29, 0.717) is 5.69 Å². The van der Waals surface area contributed by atoms with Crippen LogP contribution in [-0.4, -0.2) is 22.0 Å². The highest BCUT2D eigenvalue weighted by Crippen LogP contribution is 2.30. The topological polar surface area (TPSA) is 125 Å². The number of hydrogen-bond acceptors (Lipinski definition) is 6. The second-order valence-corrected chi connectivity index (χ2v) is 7.35. The summed E-state index contributed by atoms with van der Waals surface area (Å²) in [5, 5.41) is 2.49. The second kappa shape index (κ2) is 10.5. The minimum Gasteiger partial charge on any atom is -0.453 e. The molecule has 0 aliphatic rings. The molecule has 5 N–H and O–H groups in total. The molecular weight excluding hydrogens is 468 g/mol. The number of nitrogens with zero attached hydrogens (tertiary/aromatic N) is 2. The van der Waals surface area contributed by atoms with E-state index in [1.807, 2.05) is 0 Å². The van der Waals surface area contributed by atoms with Crippen LogP contribution in [0.15, 0.2) is 77.9 Å². The maximum absolute atomic E-state index is 14.8. The van der Waals surface area contributed by atoms with Crippen molar-refractivity contribution in [2.75, 3.05) is 17.6 Å². The molecule has 0 saturated heterocycles. The summed E-state index contributed by atoms with van der Waals surface area (Å²) < 4.78 is 34.8. The molecule has 180 valence electrons. The van der Waals surface area contributed by atoms with Crippen molar-refractivity contribution in [1.29, 1.82) is 0 Å². The Labute approximate surface area is 204 Å². The summed E-state index contributed by atoms with van der Waals surface area (Å²) >= 11 is 0. The third-order valence-electron chi connectivity index (χ3n) is 4.96. The summed E-state index contributed by atoms with van der Waals surface area (Å²) in [6.45, 7) is 0.0902. The van der Waals surface area contributed by atoms with Gasteiger partial charge in [-0.15, -0.1) is 0 Å². The lowest BCUT2D eigenvalue weighted by atomic mass is 10.2. The molecule has 0 bridgehead atoms. The number of nitrogens with one attached hydrogen (secondary N) is 1. The zero-order chi connectivity index (χ0) is 25.7. The average Bonchev–Trinajstić information content (AvgIpc) is 2.86. The number of nitrogen functional groups attached to an aromatic ring is 1. The first-order valence-corrected chi connectivity index (χ1v) is 10.6. The molecule has 10 heteroatoms. The Hall–Kier alpha value is -5.01. The summed E-state index contributed by atoms with van der Waals surface area (Å²) in [5.74, 6) is 3.55. The van der Waals surface area contributed by atoms with Gasteiger partial charge in [-0.1, -0.05) is 11.8 Å². The van der Waals surface area contributed by atoms with Crippen LogP contribution in [0, 0.1) is 23.5 Å². The van der Waals surface area contributed by atoms with Crippen molar-refractivity contribution in [2.24, 2.45) is 5.73 Å². The molecule has 0 radical (unpaired) electrons. The first-order chi connectivity index (χ1) is 17.4. The summed E-state index contributed by atoms with van der Waals surface area (Å²) in [5.41, 5.74) is 11.2. The molecule has 4 aromatic rings. The SMILES string of the molecule is NCC#Cc1c(Oc2ccc(NC(=O)c3cccn(-c4ccc(F)cc4)c3=O)cc2F)ccnc1N. The molecule has 1 amide bonds. The van der Waals surface area contributed by atoms with E-state index in [2.05, 4.69) is 22.1 Å². The molecule has 0 atom stereocenters. The fourth-order valence-electron chi connectivity index (χ4n) is 3.26. The van der Waals surface area contributed by atoms with Crippen molar-refractivity contribution in [2.45, 2.75) is 0 Å². The molecule has 0 spiro atoms. The Bertz CT molecular complexity index is 1560. The molecule has 4 rings (SSSR count). The van der Waals surface area contributed by atoms with Gasteiger partial charge < -0.3 is 21.5 Å². The lowest BCUT2D eigenvalue weighted by Gasteiger charge is -2.12. The summed E-state index contributed by atoms with van der Waals surface area (Å²) in [7, 11) is 0. The highest BCUT2D eigenvalue weighted by atomic mass is 19.1. The number of ether oxygens (including phenoxy) is 1. The maximum atomic E-state index is 14.8. The van der Waals surface area contributed by atoms with Crippen LogP contribution in [0.4, 0.5) is 20.3 Å². The van der Waals surface area contributed by atoms with Gasteiger partial charge in [0.05, 0.1) is 6.54 Å². The second-order valence-electron chi connectivity index (χ2n) is 7.35. The fourth-order valence-corrected chi connectivity index (χ4v) is 3.26. The number of benzene rings is 2. The van der Waals surface area contributed by atoms with Gasteiger partial charge >= 0.3 is 0 Å². The summed E-state index contributed by atoms with van der Waals surface area (Å²) in [6.07, 6.45) is 2.85. The molecule has 0 saturated carbocycles. The molecule has 0 unspecified atom stereocenters. The molecule has 8 nitrogen and oxygen atoms in total. The van der Waals surface area contributed by atoms with E-state index in [1.54, 1.807) is 0 Å². The van der Waals surface area contributed by atoms with Crippen molar-refractivity contribution < 1.29 is 18.3 Å². The molecule has 2 aromatic heterocycles. The third kappa shape index (κ3) is 5.22. The van der Waals surface area contributed by atoms with E-state index in [4.69, 9.17) is 16.2 Å². The van der Waals surface area contributed by atoms with E-state index >= 15 is 0 Å². The van der Waals surface area contributed by atoms with Gasteiger partial charge in [0.15, 0.2) is 11.6 Å². The molecule has 2 aromatic carbocycles. The number of carbonyl (C=O) groups is 1. The predicted octanol–water partition coefficient (Wildman–Crippen LogP) is 3.45. The van der Waals surface area contributed by atoms with Gasteiger partial charge in [-0.2, -0.15) is 0 Å².